The van der Waals surface area contributed by atoms with Crippen LogP contribution in [0.4, 0.5) is 4.39 Å². The van der Waals surface area contributed by atoms with E-state index in [-0.39, 0.29) is 24.0 Å². The maximum Gasteiger partial charge on any atom is 0.228 e. The van der Waals surface area contributed by atoms with E-state index < -0.39 is 5.82 Å². The number of nitrogens with zero attached hydrogens (tertiary/aromatic N) is 4. The predicted octanol–water partition coefficient (Wildman–Crippen LogP) is 1.98. The van der Waals surface area contributed by atoms with Crippen LogP contribution in [0.3, 0.4) is 0 Å². The van der Waals surface area contributed by atoms with Crippen molar-refractivity contribution in [1.29, 1.82) is 0 Å². The van der Waals surface area contributed by atoms with Gasteiger partial charge >= 0.3 is 0 Å². The summed E-state index contributed by atoms with van der Waals surface area (Å²) in [5.41, 5.74) is 0.327. The first kappa shape index (κ1) is 16.2. The molecule has 7 heteroatoms. The Morgan fingerprint density at radius 1 is 1.44 bits per heavy atom. The molecule has 2 aromatic rings. The molecule has 2 aromatic heterocycles. The van der Waals surface area contributed by atoms with Crippen LogP contribution in [-0.2, 0) is 16.0 Å². The van der Waals surface area contributed by atoms with Crippen LogP contribution in [0.25, 0.3) is 0 Å². The molecule has 0 saturated carbocycles. The number of hydrogen-bond acceptors (Lipinski definition) is 4. The maximum absolute atomic E-state index is 13.0. The molecule has 0 aliphatic carbocycles. The van der Waals surface area contributed by atoms with E-state index in [0.717, 1.165) is 32.0 Å². The number of imidazole rings is 1. The molecule has 2 fully saturated rings. The molecular weight excluding hydrogens is 323 g/mol. The van der Waals surface area contributed by atoms with Crippen LogP contribution in [0.2, 0.25) is 0 Å². The molecule has 2 aliphatic heterocycles. The van der Waals surface area contributed by atoms with E-state index >= 15 is 0 Å². The molecule has 6 nitrogen and oxygen atoms in total. The Morgan fingerprint density at radius 2 is 2.36 bits per heavy atom. The van der Waals surface area contributed by atoms with E-state index in [2.05, 4.69) is 14.5 Å². The Kier molecular flexibility index (Phi) is 4.25. The predicted molar refractivity (Wildman–Crippen MR) is 88.3 cm³/mol. The fraction of sp³-hybridized carbons (Fsp3) is 0.500. The number of likely N-dealkylation sites (tertiary alicyclic amines) is 1. The summed E-state index contributed by atoms with van der Waals surface area (Å²) in [4.78, 5) is 22.6. The molecule has 0 N–H and O–H groups in total. The third kappa shape index (κ3) is 3.42. The van der Waals surface area contributed by atoms with Crippen molar-refractivity contribution in [2.75, 3.05) is 19.7 Å². The Balaban J connectivity index is 1.40. The van der Waals surface area contributed by atoms with Gasteiger partial charge in [-0.3, -0.25) is 9.78 Å². The highest BCUT2D eigenvalue weighted by atomic mass is 19.1. The average Bonchev–Trinajstić information content (AvgIpc) is 3.27. The number of rotatable bonds is 3. The first-order valence-corrected chi connectivity index (χ1v) is 8.63. The molecule has 25 heavy (non-hydrogen) atoms. The van der Waals surface area contributed by atoms with Gasteiger partial charge in [0.25, 0.3) is 0 Å². The van der Waals surface area contributed by atoms with E-state index in [9.17, 15) is 9.18 Å². The fourth-order valence-electron chi connectivity index (χ4n) is 3.87. The standard InChI is InChI=1S/C18H21FN4O2/c19-14-2-3-15(21-10-14)8-17(24)22-6-1-4-18(12-22)9-16(11-25-18)23-7-5-20-13-23/h2-3,5,7,10,13,16H,1,4,6,8-9,11-12H2. The van der Waals surface area contributed by atoms with Crippen molar-refractivity contribution in [3.05, 3.63) is 48.6 Å². The molecule has 0 aromatic carbocycles. The van der Waals surface area contributed by atoms with Gasteiger partial charge in [0, 0.05) is 37.6 Å². The van der Waals surface area contributed by atoms with Gasteiger partial charge in [0.15, 0.2) is 0 Å². The van der Waals surface area contributed by atoms with Gasteiger partial charge in [-0.25, -0.2) is 9.37 Å². The van der Waals surface area contributed by atoms with E-state index in [4.69, 9.17) is 4.74 Å². The highest BCUT2D eigenvalue weighted by Crippen LogP contribution is 2.39. The van der Waals surface area contributed by atoms with Crippen molar-refractivity contribution >= 4 is 5.91 Å². The smallest absolute Gasteiger partial charge is 0.228 e. The molecule has 2 atom stereocenters. The molecule has 4 rings (SSSR count). The summed E-state index contributed by atoms with van der Waals surface area (Å²) in [6.07, 6.45) is 9.69. The van der Waals surface area contributed by atoms with Crippen molar-refractivity contribution in [3.63, 3.8) is 0 Å². The second-order valence-electron chi connectivity index (χ2n) is 6.93. The number of pyridine rings is 1. The van der Waals surface area contributed by atoms with E-state index in [1.165, 1.54) is 6.07 Å². The van der Waals surface area contributed by atoms with Gasteiger partial charge in [-0.2, -0.15) is 0 Å². The quantitative estimate of drug-likeness (QED) is 0.854. The summed E-state index contributed by atoms with van der Waals surface area (Å²) in [5, 5.41) is 0. The van der Waals surface area contributed by atoms with Crippen LogP contribution in [0.5, 0.6) is 0 Å². The van der Waals surface area contributed by atoms with Crippen molar-refractivity contribution in [3.8, 4) is 0 Å². The lowest BCUT2D eigenvalue weighted by molar-refractivity contribution is -0.138. The summed E-state index contributed by atoms with van der Waals surface area (Å²) < 4.78 is 21.2. The van der Waals surface area contributed by atoms with Crippen molar-refractivity contribution in [2.24, 2.45) is 0 Å². The van der Waals surface area contributed by atoms with Crippen LogP contribution in [-0.4, -0.2) is 50.6 Å². The number of halogens is 1. The lowest BCUT2D eigenvalue weighted by Crippen LogP contribution is -2.50. The number of hydrogen-bond donors (Lipinski definition) is 0. The van der Waals surface area contributed by atoms with Crippen LogP contribution in [0.15, 0.2) is 37.1 Å². The largest absolute Gasteiger partial charge is 0.371 e. The summed E-state index contributed by atoms with van der Waals surface area (Å²) in [6, 6.07) is 3.17. The SMILES string of the molecule is O=C(Cc1ccc(F)cn1)N1CCCC2(CC(n3ccnc3)CO2)C1. The van der Waals surface area contributed by atoms with Crippen LogP contribution < -0.4 is 0 Å². The molecule has 2 unspecified atom stereocenters. The zero-order chi connectivity index (χ0) is 17.3. The van der Waals surface area contributed by atoms with Gasteiger partial charge in [0.2, 0.25) is 5.91 Å². The summed E-state index contributed by atoms with van der Waals surface area (Å²) in [5.74, 6) is -0.370. The van der Waals surface area contributed by atoms with Crippen molar-refractivity contribution < 1.29 is 13.9 Å². The minimum absolute atomic E-state index is 0.0212. The summed E-state index contributed by atoms with van der Waals surface area (Å²) in [7, 11) is 0. The number of carbonyl (C=O) groups excluding carboxylic acids is 1. The van der Waals surface area contributed by atoms with Gasteiger partial charge < -0.3 is 14.2 Å². The van der Waals surface area contributed by atoms with E-state index in [1.807, 2.05) is 17.4 Å². The molecule has 1 spiro atoms. The van der Waals surface area contributed by atoms with Gasteiger partial charge in [0.1, 0.15) is 5.82 Å². The normalized spacial score (nSPS) is 26.3. The third-order valence-electron chi connectivity index (χ3n) is 5.15. The second kappa shape index (κ2) is 6.55. The van der Waals surface area contributed by atoms with Crippen LogP contribution in [0.1, 0.15) is 31.0 Å². The number of piperidine rings is 1. The van der Waals surface area contributed by atoms with E-state index in [1.54, 1.807) is 12.3 Å². The molecule has 0 radical (unpaired) electrons. The fourth-order valence-corrected chi connectivity index (χ4v) is 3.87. The van der Waals surface area contributed by atoms with Gasteiger partial charge in [-0.15, -0.1) is 0 Å². The molecule has 2 aliphatic rings. The zero-order valence-corrected chi connectivity index (χ0v) is 14.0. The number of carbonyl (C=O) groups is 1. The highest BCUT2D eigenvalue weighted by Gasteiger charge is 2.44. The zero-order valence-electron chi connectivity index (χ0n) is 14.0. The first-order valence-electron chi connectivity index (χ1n) is 8.63. The second-order valence-corrected chi connectivity index (χ2v) is 6.93. The number of aromatic nitrogens is 3. The van der Waals surface area contributed by atoms with Crippen LogP contribution in [0, 0.1) is 5.82 Å². The van der Waals surface area contributed by atoms with Crippen LogP contribution >= 0.6 is 0 Å². The maximum atomic E-state index is 13.0. The molecule has 1 amide bonds. The third-order valence-corrected chi connectivity index (χ3v) is 5.15. The Morgan fingerprint density at radius 3 is 3.12 bits per heavy atom. The molecular formula is C18H21FN4O2. The molecule has 2 saturated heterocycles. The number of amides is 1. The molecule has 132 valence electrons. The van der Waals surface area contributed by atoms with Gasteiger partial charge in [0.05, 0.1) is 37.2 Å². The monoisotopic (exact) mass is 344 g/mol. The Bertz CT molecular complexity index is 734. The van der Waals surface area contributed by atoms with E-state index in [0.29, 0.717) is 18.8 Å². The lowest BCUT2D eigenvalue weighted by atomic mass is 9.88. The Labute approximate surface area is 145 Å². The van der Waals surface area contributed by atoms with Gasteiger partial charge in [-0.05, 0) is 25.0 Å². The summed E-state index contributed by atoms with van der Waals surface area (Å²) >= 11 is 0. The minimum Gasteiger partial charge on any atom is -0.371 e. The molecule has 0 bridgehead atoms. The minimum atomic E-state index is -0.391. The van der Waals surface area contributed by atoms with Gasteiger partial charge in [-0.1, -0.05) is 0 Å². The Hall–Kier alpha value is -2.28. The highest BCUT2D eigenvalue weighted by molar-refractivity contribution is 5.78. The number of ether oxygens (including phenoxy) is 1. The summed E-state index contributed by atoms with van der Waals surface area (Å²) in [6.45, 7) is 2.00. The lowest BCUT2D eigenvalue weighted by Gasteiger charge is -2.39. The first-order chi connectivity index (χ1) is 12.1. The van der Waals surface area contributed by atoms with Crippen molar-refractivity contribution in [1.82, 2.24) is 19.4 Å². The van der Waals surface area contributed by atoms with Crippen molar-refractivity contribution in [2.45, 2.75) is 37.3 Å². The molecule has 4 heterocycles. The average molecular weight is 344 g/mol. The topological polar surface area (TPSA) is 60.2 Å².